The SMILES string of the molecule is CCc1cccc(C)c1NC(=O)C(C)(C)C(=O)Nc1ccc(F)cc1F. The third-order valence-corrected chi connectivity index (χ3v) is 4.29. The first kappa shape index (κ1) is 19.6. The lowest BCUT2D eigenvalue weighted by Crippen LogP contribution is -2.42. The van der Waals surface area contributed by atoms with Crippen molar-refractivity contribution in [1.82, 2.24) is 0 Å². The molecule has 0 radical (unpaired) electrons. The standard InChI is InChI=1S/C20H22F2N2O2/c1-5-13-8-6-7-12(2)17(13)24-19(26)20(3,4)18(25)23-16-10-9-14(21)11-15(16)22/h6-11H,5H2,1-4H3,(H,23,25)(H,24,26). The van der Waals surface area contributed by atoms with Crippen molar-refractivity contribution in [2.75, 3.05) is 10.6 Å². The van der Waals surface area contributed by atoms with Crippen LogP contribution in [0, 0.1) is 24.0 Å². The highest BCUT2D eigenvalue weighted by molar-refractivity contribution is 6.14. The molecule has 4 nitrogen and oxygen atoms in total. The largest absolute Gasteiger partial charge is 0.325 e. The van der Waals surface area contributed by atoms with Crippen LogP contribution in [-0.2, 0) is 16.0 Å². The van der Waals surface area contributed by atoms with E-state index in [0.29, 0.717) is 11.8 Å². The van der Waals surface area contributed by atoms with Crippen LogP contribution in [0.15, 0.2) is 36.4 Å². The highest BCUT2D eigenvalue weighted by atomic mass is 19.1. The molecule has 0 heterocycles. The van der Waals surface area contributed by atoms with Crippen molar-refractivity contribution in [2.24, 2.45) is 5.41 Å². The minimum atomic E-state index is -1.46. The molecule has 0 aliphatic heterocycles. The number of carbonyl (C=O) groups excluding carboxylic acids is 2. The molecule has 0 aromatic heterocycles. The van der Waals surface area contributed by atoms with Crippen molar-refractivity contribution < 1.29 is 18.4 Å². The van der Waals surface area contributed by atoms with E-state index in [2.05, 4.69) is 10.6 Å². The summed E-state index contributed by atoms with van der Waals surface area (Å²) in [5.74, 6) is -2.85. The van der Waals surface area contributed by atoms with Crippen LogP contribution in [-0.4, -0.2) is 11.8 Å². The monoisotopic (exact) mass is 360 g/mol. The Labute approximate surface area is 151 Å². The average molecular weight is 360 g/mol. The van der Waals surface area contributed by atoms with E-state index in [1.165, 1.54) is 13.8 Å². The van der Waals surface area contributed by atoms with Gasteiger partial charge >= 0.3 is 0 Å². The molecule has 2 N–H and O–H groups in total. The minimum Gasteiger partial charge on any atom is -0.325 e. The molecule has 2 amide bonds. The van der Waals surface area contributed by atoms with Crippen molar-refractivity contribution in [2.45, 2.75) is 34.1 Å². The Bertz CT molecular complexity index is 848. The van der Waals surface area contributed by atoms with Crippen LogP contribution < -0.4 is 10.6 Å². The lowest BCUT2D eigenvalue weighted by Gasteiger charge is -2.24. The number of benzene rings is 2. The van der Waals surface area contributed by atoms with Gasteiger partial charge in [-0.1, -0.05) is 25.1 Å². The zero-order valence-electron chi connectivity index (χ0n) is 15.2. The Morgan fingerprint density at radius 3 is 2.31 bits per heavy atom. The highest BCUT2D eigenvalue weighted by Crippen LogP contribution is 2.26. The summed E-state index contributed by atoms with van der Waals surface area (Å²) in [5, 5.41) is 5.15. The van der Waals surface area contributed by atoms with Gasteiger partial charge < -0.3 is 10.6 Å². The van der Waals surface area contributed by atoms with Crippen LogP contribution in [0.3, 0.4) is 0 Å². The molecular weight excluding hydrogens is 338 g/mol. The van der Waals surface area contributed by atoms with Gasteiger partial charge in [0, 0.05) is 11.8 Å². The van der Waals surface area contributed by atoms with Gasteiger partial charge in [0.25, 0.3) is 0 Å². The molecular formula is C20H22F2N2O2. The Kier molecular flexibility index (Phi) is 5.75. The van der Waals surface area contributed by atoms with Crippen LogP contribution in [0.4, 0.5) is 20.2 Å². The molecule has 0 fully saturated rings. The molecule has 6 heteroatoms. The summed E-state index contributed by atoms with van der Waals surface area (Å²) in [6, 6.07) is 8.50. The van der Waals surface area contributed by atoms with Crippen molar-refractivity contribution in [1.29, 1.82) is 0 Å². The average Bonchev–Trinajstić information content (AvgIpc) is 2.58. The maximum absolute atomic E-state index is 13.7. The fourth-order valence-corrected chi connectivity index (χ4v) is 2.44. The zero-order valence-corrected chi connectivity index (χ0v) is 15.2. The molecule has 26 heavy (non-hydrogen) atoms. The van der Waals surface area contributed by atoms with Gasteiger partial charge in [-0.05, 0) is 50.5 Å². The first-order chi connectivity index (χ1) is 12.2. The molecule has 0 bridgehead atoms. The molecule has 0 saturated carbocycles. The topological polar surface area (TPSA) is 58.2 Å². The van der Waals surface area contributed by atoms with Gasteiger partial charge in [-0.2, -0.15) is 0 Å². The van der Waals surface area contributed by atoms with Gasteiger partial charge in [0.05, 0.1) is 5.69 Å². The Hall–Kier alpha value is -2.76. The molecule has 0 aliphatic rings. The molecule has 0 aliphatic carbocycles. The predicted molar refractivity (Wildman–Crippen MR) is 98.0 cm³/mol. The van der Waals surface area contributed by atoms with Crippen molar-refractivity contribution >= 4 is 23.2 Å². The number of hydrogen-bond donors (Lipinski definition) is 2. The third kappa shape index (κ3) is 4.07. The molecule has 0 saturated heterocycles. The fourth-order valence-electron chi connectivity index (χ4n) is 2.44. The lowest BCUT2D eigenvalue weighted by atomic mass is 9.90. The Morgan fingerprint density at radius 1 is 1.04 bits per heavy atom. The van der Waals surface area contributed by atoms with E-state index in [-0.39, 0.29) is 5.69 Å². The van der Waals surface area contributed by atoms with Gasteiger partial charge in [-0.3, -0.25) is 9.59 Å². The van der Waals surface area contributed by atoms with Crippen molar-refractivity contribution in [3.8, 4) is 0 Å². The summed E-state index contributed by atoms with van der Waals surface area (Å²) in [7, 11) is 0. The van der Waals surface area contributed by atoms with E-state index in [0.717, 1.165) is 29.7 Å². The Balaban J connectivity index is 2.20. The lowest BCUT2D eigenvalue weighted by molar-refractivity contribution is -0.135. The summed E-state index contributed by atoms with van der Waals surface area (Å²) in [4.78, 5) is 25.2. The Morgan fingerprint density at radius 2 is 1.69 bits per heavy atom. The maximum atomic E-state index is 13.7. The second-order valence-electron chi connectivity index (χ2n) is 6.62. The fraction of sp³-hybridized carbons (Fsp3) is 0.300. The van der Waals surface area contributed by atoms with Crippen LogP contribution in [0.1, 0.15) is 31.9 Å². The quantitative estimate of drug-likeness (QED) is 0.775. The van der Waals surface area contributed by atoms with Gasteiger partial charge in [-0.15, -0.1) is 0 Å². The number of aryl methyl sites for hydroxylation is 2. The van der Waals surface area contributed by atoms with Crippen LogP contribution >= 0.6 is 0 Å². The second kappa shape index (κ2) is 7.64. The smallest absolute Gasteiger partial charge is 0.239 e. The number of amides is 2. The normalized spacial score (nSPS) is 11.2. The summed E-state index contributed by atoms with van der Waals surface area (Å²) in [6.07, 6.45) is 0.727. The highest BCUT2D eigenvalue weighted by Gasteiger charge is 2.37. The zero-order chi connectivity index (χ0) is 19.5. The van der Waals surface area contributed by atoms with Gasteiger partial charge in [0.15, 0.2) is 0 Å². The van der Waals surface area contributed by atoms with Crippen molar-refractivity contribution in [3.63, 3.8) is 0 Å². The number of nitrogens with one attached hydrogen (secondary N) is 2. The maximum Gasteiger partial charge on any atom is 0.239 e. The van der Waals surface area contributed by atoms with Gasteiger partial charge in [0.1, 0.15) is 17.0 Å². The van der Waals surface area contributed by atoms with Gasteiger partial charge in [0.2, 0.25) is 11.8 Å². The second-order valence-corrected chi connectivity index (χ2v) is 6.62. The number of carbonyl (C=O) groups is 2. The molecule has 0 spiro atoms. The van der Waals surface area contributed by atoms with Crippen LogP contribution in [0.5, 0.6) is 0 Å². The first-order valence-electron chi connectivity index (χ1n) is 8.33. The van der Waals surface area contributed by atoms with E-state index in [4.69, 9.17) is 0 Å². The van der Waals surface area contributed by atoms with Crippen molar-refractivity contribution in [3.05, 3.63) is 59.2 Å². The number of halogens is 2. The molecule has 0 unspecified atom stereocenters. The van der Waals surface area contributed by atoms with Gasteiger partial charge in [-0.25, -0.2) is 8.78 Å². The number of hydrogen-bond acceptors (Lipinski definition) is 2. The predicted octanol–water partition coefficient (Wildman–Crippen LogP) is 4.44. The van der Waals surface area contributed by atoms with E-state index < -0.39 is 28.9 Å². The minimum absolute atomic E-state index is 0.178. The van der Waals surface area contributed by atoms with E-state index in [9.17, 15) is 18.4 Å². The number of rotatable bonds is 5. The summed E-state index contributed by atoms with van der Waals surface area (Å²) < 4.78 is 26.7. The molecule has 138 valence electrons. The van der Waals surface area contributed by atoms with E-state index >= 15 is 0 Å². The summed E-state index contributed by atoms with van der Waals surface area (Å²) in [6.45, 7) is 6.74. The number of para-hydroxylation sites is 1. The molecule has 2 aromatic rings. The van der Waals surface area contributed by atoms with Crippen LogP contribution in [0.2, 0.25) is 0 Å². The van der Waals surface area contributed by atoms with Crippen LogP contribution in [0.25, 0.3) is 0 Å². The molecule has 2 rings (SSSR count). The number of anilines is 2. The van der Waals surface area contributed by atoms with E-state index in [1.54, 1.807) is 0 Å². The summed E-state index contributed by atoms with van der Waals surface area (Å²) >= 11 is 0. The summed E-state index contributed by atoms with van der Waals surface area (Å²) in [5.41, 5.74) is 0.877. The first-order valence-corrected chi connectivity index (χ1v) is 8.33. The third-order valence-electron chi connectivity index (χ3n) is 4.29. The molecule has 2 aromatic carbocycles. The molecule has 0 atom stereocenters. The van der Waals surface area contributed by atoms with E-state index in [1.807, 2.05) is 32.0 Å².